The molecule has 42 heavy (non-hydrogen) atoms. The van der Waals surface area contributed by atoms with Crippen molar-refractivity contribution < 1.29 is 23.9 Å². The van der Waals surface area contributed by atoms with E-state index >= 15 is 0 Å². The van der Waals surface area contributed by atoms with Crippen molar-refractivity contribution >= 4 is 17.8 Å². The summed E-state index contributed by atoms with van der Waals surface area (Å²) in [6, 6.07) is 12.5. The van der Waals surface area contributed by atoms with E-state index in [0.29, 0.717) is 49.2 Å². The number of aromatic amines is 1. The smallest absolute Gasteiger partial charge is 0.337 e. The zero-order chi connectivity index (χ0) is 29.9. The summed E-state index contributed by atoms with van der Waals surface area (Å²) in [4.78, 5) is 39.5. The van der Waals surface area contributed by atoms with Crippen LogP contribution in [0.3, 0.4) is 0 Å². The highest BCUT2D eigenvalue weighted by atomic mass is 16.5. The third kappa shape index (κ3) is 5.23. The molecule has 0 radical (unpaired) electrons. The minimum absolute atomic E-state index is 0.0734. The Bertz CT molecular complexity index is 1460. The number of likely N-dealkylation sites (tertiary alicyclic amines) is 1. The van der Waals surface area contributed by atoms with Crippen molar-refractivity contribution in [3.63, 3.8) is 0 Å². The minimum atomic E-state index is -0.949. The fraction of sp³-hybridized carbons (Fsp3) is 0.433. The molecule has 5 rings (SSSR count). The molecule has 1 saturated heterocycles. The van der Waals surface area contributed by atoms with Crippen molar-refractivity contribution in [3.8, 4) is 6.07 Å². The average Bonchev–Trinajstić information content (AvgIpc) is 3.71. The van der Waals surface area contributed by atoms with Crippen LogP contribution in [0.15, 0.2) is 36.4 Å². The maximum Gasteiger partial charge on any atom is 0.337 e. The monoisotopic (exact) mass is 571 g/mol. The number of carbonyl (C=O) groups is 3. The van der Waals surface area contributed by atoms with Gasteiger partial charge in [0, 0.05) is 12.6 Å². The molecule has 2 aromatic carbocycles. The molecule has 0 bridgehead atoms. The lowest BCUT2D eigenvalue weighted by molar-refractivity contribution is -0.130. The summed E-state index contributed by atoms with van der Waals surface area (Å²) >= 11 is 0. The van der Waals surface area contributed by atoms with Gasteiger partial charge in [0.1, 0.15) is 6.04 Å². The van der Waals surface area contributed by atoms with Crippen LogP contribution in [-0.2, 0) is 32.5 Å². The normalized spacial score (nSPS) is 17.8. The van der Waals surface area contributed by atoms with Gasteiger partial charge in [-0.2, -0.15) is 10.5 Å². The second-order valence-electron chi connectivity index (χ2n) is 10.7. The first kappa shape index (κ1) is 28.9. The highest BCUT2D eigenvalue weighted by molar-refractivity contribution is 5.90. The SMILES string of the molecule is COC(=O)c1ccc2c(c1)CCc1cc(C(=O)OC)ccc1C2(C[C@H](C)NCC(=O)N1CCC[C@H]1C#N)c1nn[nH]n1. The quantitative estimate of drug-likeness (QED) is 0.383. The van der Waals surface area contributed by atoms with Gasteiger partial charge >= 0.3 is 11.9 Å². The van der Waals surface area contributed by atoms with Crippen LogP contribution >= 0.6 is 0 Å². The third-order valence-corrected chi connectivity index (χ3v) is 8.30. The molecule has 0 unspecified atom stereocenters. The van der Waals surface area contributed by atoms with Gasteiger partial charge in [-0.15, -0.1) is 10.2 Å². The van der Waals surface area contributed by atoms with Gasteiger partial charge in [0.15, 0.2) is 5.82 Å². The van der Waals surface area contributed by atoms with Gasteiger partial charge in [0.25, 0.3) is 0 Å². The summed E-state index contributed by atoms with van der Waals surface area (Å²) in [5, 5.41) is 28.2. The Morgan fingerprint density at radius 2 is 1.71 bits per heavy atom. The number of aromatic nitrogens is 4. The van der Waals surface area contributed by atoms with Crippen LogP contribution < -0.4 is 5.32 Å². The number of amides is 1. The van der Waals surface area contributed by atoms with Crippen molar-refractivity contribution in [1.29, 1.82) is 5.26 Å². The third-order valence-electron chi connectivity index (χ3n) is 8.30. The van der Waals surface area contributed by atoms with Crippen LogP contribution in [0.4, 0.5) is 0 Å². The van der Waals surface area contributed by atoms with Gasteiger partial charge in [0.05, 0.1) is 43.4 Å². The van der Waals surface area contributed by atoms with Crippen LogP contribution in [0.1, 0.15) is 75.0 Å². The Labute approximate surface area is 243 Å². The zero-order valence-corrected chi connectivity index (χ0v) is 23.8. The van der Waals surface area contributed by atoms with Gasteiger partial charge in [-0.25, -0.2) is 9.59 Å². The molecule has 1 aliphatic heterocycles. The van der Waals surface area contributed by atoms with E-state index in [1.807, 2.05) is 31.2 Å². The second kappa shape index (κ2) is 12.1. The number of fused-ring (bicyclic) bond motifs is 2. The van der Waals surface area contributed by atoms with E-state index in [1.165, 1.54) is 14.2 Å². The molecule has 0 saturated carbocycles. The van der Waals surface area contributed by atoms with Crippen molar-refractivity contribution in [3.05, 3.63) is 75.6 Å². The topological polar surface area (TPSA) is 163 Å². The maximum absolute atomic E-state index is 13.0. The lowest BCUT2D eigenvalue weighted by atomic mass is 9.68. The van der Waals surface area contributed by atoms with Crippen molar-refractivity contribution in [1.82, 2.24) is 30.8 Å². The number of nitrogens with one attached hydrogen (secondary N) is 2. The first-order valence-electron chi connectivity index (χ1n) is 13.9. The van der Waals surface area contributed by atoms with E-state index in [2.05, 4.69) is 32.0 Å². The number of tetrazole rings is 1. The summed E-state index contributed by atoms with van der Waals surface area (Å²) in [5.74, 6) is -0.577. The highest BCUT2D eigenvalue weighted by Crippen LogP contribution is 2.47. The molecule has 218 valence electrons. The number of nitrogens with zero attached hydrogens (tertiary/aromatic N) is 5. The summed E-state index contributed by atoms with van der Waals surface area (Å²) in [6.07, 6.45) is 3.10. The summed E-state index contributed by atoms with van der Waals surface area (Å²) in [6.45, 7) is 2.63. The zero-order valence-electron chi connectivity index (χ0n) is 23.8. The molecular formula is C30H33N7O5. The Morgan fingerprint density at radius 3 is 2.24 bits per heavy atom. The number of aryl methyl sites for hydroxylation is 2. The fourth-order valence-corrected chi connectivity index (χ4v) is 6.33. The number of esters is 2. The predicted molar refractivity (Wildman–Crippen MR) is 149 cm³/mol. The lowest BCUT2D eigenvalue weighted by Crippen LogP contribution is -2.45. The molecule has 2 atom stereocenters. The number of hydrogen-bond donors (Lipinski definition) is 2. The number of rotatable bonds is 8. The summed E-state index contributed by atoms with van der Waals surface area (Å²) < 4.78 is 9.96. The van der Waals surface area contributed by atoms with Crippen LogP contribution in [0, 0.1) is 11.3 Å². The Hall–Kier alpha value is -4.63. The van der Waals surface area contributed by atoms with E-state index in [1.54, 1.807) is 17.0 Å². The number of carbonyl (C=O) groups excluding carboxylic acids is 3. The maximum atomic E-state index is 13.0. The van der Waals surface area contributed by atoms with E-state index in [4.69, 9.17) is 9.47 Å². The van der Waals surface area contributed by atoms with E-state index < -0.39 is 23.4 Å². The first-order chi connectivity index (χ1) is 20.3. The van der Waals surface area contributed by atoms with E-state index in [0.717, 1.165) is 28.7 Å². The number of benzene rings is 2. The van der Waals surface area contributed by atoms with Crippen LogP contribution in [0.5, 0.6) is 0 Å². The molecule has 0 spiro atoms. The van der Waals surface area contributed by atoms with Crippen molar-refractivity contribution in [2.45, 2.75) is 56.5 Å². The second-order valence-corrected chi connectivity index (χ2v) is 10.7. The van der Waals surface area contributed by atoms with Crippen LogP contribution in [0.25, 0.3) is 0 Å². The molecular weight excluding hydrogens is 538 g/mol. The van der Waals surface area contributed by atoms with Gasteiger partial charge in [-0.1, -0.05) is 17.3 Å². The molecule has 2 N–H and O–H groups in total. The van der Waals surface area contributed by atoms with Crippen molar-refractivity contribution in [2.75, 3.05) is 27.3 Å². The average molecular weight is 572 g/mol. The standard InChI is InChI=1S/C30H33N7O5/c1-18(32-17-26(38)37-12-4-5-23(37)16-31)15-30(29-33-35-36-34-29)24-10-8-21(27(39)41-2)13-19(24)6-7-20-14-22(28(40)42-3)9-11-25(20)30/h8-11,13-14,18,23,32H,4-7,12,15,17H2,1-3H3,(H,33,34,35,36)/t18-,23-/m0/s1. The largest absolute Gasteiger partial charge is 0.465 e. The Kier molecular flexibility index (Phi) is 8.31. The number of H-pyrrole nitrogens is 1. The molecule has 1 aromatic heterocycles. The summed E-state index contributed by atoms with van der Waals surface area (Å²) in [5.41, 5.74) is 3.51. The minimum Gasteiger partial charge on any atom is -0.465 e. The molecule has 2 heterocycles. The Balaban J connectivity index is 1.59. The van der Waals surface area contributed by atoms with Gasteiger partial charge in [-0.05, 0) is 85.5 Å². The molecule has 1 amide bonds. The predicted octanol–water partition coefficient (Wildman–Crippen LogP) is 2.09. The molecule has 2 aliphatic rings. The summed E-state index contributed by atoms with van der Waals surface area (Å²) in [7, 11) is 2.69. The molecule has 1 aliphatic carbocycles. The van der Waals surface area contributed by atoms with Crippen LogP contribution in [-0.4, -0.2) is 82.8 Å². The number of methoxy groups -OCH3 is 2. The van der Waals surface area contributed by atoms with Gasteiger partial charge < -0.3 is 19.7 Å². The highest BCUT2D eigenvalue weighted by Gasteiger charge is 2.46. The van der Waals surface area contributed by atoms with Gasteiger partial charge in [0.2, 0.25) is 5.91 Å². The van der Waals surface area contributed by atoms with Crippen molar-refractivity contribution in [2.24, 2.45) is 0 Å². The van der Waals surface area contributed by atoms with E-state index in [-0.39, 0.29) is 18.5 Å². The molecule has 3 aromatic rings. The van der Waals surface area contributed by atoms with E-state index in [9.17, 15) is 19.6 Å². The fourth-order valence-electron chi connectivity index (χ4n) is 6.33. The lowest BCUT2D eigenvalue weighted by Gasteiger charge is -2.36. The first-order valence-corrected chi connectivity index (χ1v) is 13.9. The number of nitriles is 1. The number of ether oxygens (including phenoxy) is 2. The number of hydrogen-bond acceptors (Lipinski definition) is 10. The molecule has 12 nitrogen and oxygen atoms in total. The Morgan fingerprint density at radius 1 is 1.10 bits per heavy atom. The molecule has 1 fully saturated rings. The molecule has 12 heteroatoms. The van der Waals surface area contributed by atoms with Crippen LogP contribution in [0.2, 0.25) is 0 Å². The van der Waals surface area contributed by atoms with Gasteiger partial charge in [-0.3, -0.25) is 4.79 Å².